The van der Waals surface area contributed by atoms with Crippen LogP contribution in [0.1, 0.15) is 60.1 Å². The number of carbonyl (C=O) groups excluding carboxylic acids is 2. The van der Waals surface area contributed by atoms with Crippen LogP contribution in [-0.4, -0.2) is 42.4 Å². The first-order chi connectivity index (χ1) is 21.8. The van der Waals surface area contributed by atoms with Crippen LogP contribution in [0.3, 0.4) is 0 Å². The lowest BCUT2D eigenvalue weighted by atomic mass is 9.76. The number of nitrogens with one attached hydrogen (secondary N) is 1. The third-order valence-corrected chi connectivity index (χ3v) is 8.44. The Morgan fingerprint density at radius 3 is 2.17 bits per heavy atom. The van der Waals surface area contributed by atoms with Gasteiger partial charge in [0, 0.05) is 6.42 Å². The normalized spacial score (nSPS) is 22.6. The summed E-state index contributed by atoms with van der Waals surface area (Å²) in [6.07, 6.45) is -11.8. The first kappa shape index (κ1) is 33.1. The van der Waals surface area contributed by atoms with Gasteiger partial charge in [-0.1, -0.05) is 60.7 Å². The molecule has 2 saturated heterocycles. The third-order valence-electron chi connectivity index (χ3n) is 8.44. The van der Waals surface area contributed by atoms with Crippen LogP contribution in [0.15, 0.2) is 78.9 Å². The van der Waals surface area contributed by atoms with Crippen molar-refractivity contribution in [2.75, 3.05) is 13.2 Å². The number of carbonyl (C=O) groups is 2. The van der Waals surface area contributed by atoms with E-state index < -0.39 is 59.4 Å². The molecule has 0 aliphatic carbocycles. The second-order valence-corrected chi connectivity index (χ2v) is 11.4. The van der Waals surface area contributed by atoms with Crippen LogP contribution >= 0.6 is 0 Å². The van der Waals surface area contributed by atoms with Crippen molar-refractivity contribution in [1.82, 2.24) is 10.2 Å². The number of likely N-dealkylation sites (tertiary alicyclic amines) is 1. The van der Waals surface area contributed by atoms with E-state index in [0.29, 0.717) is 24.1 Å². The predicted octanol–water partition coefficient (Wildman–Crippen LogP) is 8.00. The molecule has 2 amide bonds. The van der Waals surface area contributed by atoms with Gasteiger partial charge in [0.25, 0.3) is 0 Å². The minimum Gasteiger partial charge on any atom is -0.449 e. The summed E-state index contributed by atoms with van der Waals surface area (Å²) in [5, 5.41) is 2.80. The van der Waals surface area contributed by atoms with Crippen LogP contribution in [0.2, 0.25) is 0 Å². The summed E-state index contributed by atoms with van der Waals surface area (Å²) < 4.78 is 98.8. The lowest BCUT2D eigenvalue weighted by Gasteiger charge is -2.53. The topological polar surface area (TPSA) is 77.1 Å². The van der Waals surface area contributed by atoms with Crippen LogP contribution < -0.4 is 5.32 Å². The SMILES string of the molecule is C[C@@H](OC[C@@]1(c2ccccc2)CC[C@@H]2NC(=O)OCCC2N1C(=O)OCc1ccccc1)c1cc(C(F)(F)F)cc(C(F)(F)F)c1. The zero-order valence-corrected chi connectivity index (χ0v) is 24.7. The number of hydrogen-bond acceptors (Lipinski definition) is 5. The number of ether oxygens (including phenoxy) is 3. The number of amides is 2. The summed E-state index contributed by atoms with van der Waals surface area (Å²) in [5.74, 6) is 0. The predicted molar refractivity (Wildman–Crippen MR) is 153 cm³/mol. The number of alkyl halides is 6. The number of fused-ring (bicyclic) bond motifs is 1. The van der Waals surface area contributed by atoms with Gasteiger partial charge in [0.2, 0.25) is 0 Å². The van der Waals surface area contributed by atoms with Crippen molar-refractivity contribution in [3.05, 3.63) is 107 Å². The Bertz CT molecular complexity index is 1490. The van der Waals surface area contributed by atoms with Gasteiger partial charge in [-0.25, -0.2) is 9.59 Å². The molecule has 2 aliphatic rings. The van der Waals surface area contributed by atoms with E-state index in [9.17, 15) is 35.9 Å². The fourth-order valence-corrected chi connectivity index (χ4v) is 6.10. The van der Waals surface area contributed by atoms with Gasteiger partial charge in [0.05, 0.1) is 48.1 Å². The first-order valence-corrected chi connectivity index (χ1v) is 14.7. The monoisotopic (exact) mass is 650 g/mol. The highest BCUT2D eigenvalue weighted by molar-refractivity contribution is 5.72. The number of hydrogen-bond donors (Lipinski definition) is 1. The number of rotatable bonds is 7. The Hall–Kier alpha value is -4.26. The molecule has 0 saturated carbocycles. The van der Waals surface area contributed by atoms with E-state index in [-0.39, 0.29) is 44.3 Å². The van der Waals surface area contributed by atoms with Crippen molar-refractivity contribution in [2.24, 2.45) is 0 Å². The largest absolute Gasteiger partial charge is 0.449 e. The molecule has 46 heavy (non-hydrogen) atoms. The highest BCUT2D eigenvalue weighted by atomic mass is 19.4. The molecule has 3 aromatic rings. The van der Waals surface area contributed by atoms with Gasteiger partial charge in [-0.2, -0.15) is 26.3 Å². The number of alkyl carbamates (subject to hydrolysis) is 1. The average molecular weight is 651 g/mol. The van der Waals surface area contributed by atoms with Crippen molar-refractivity contribution in [3.8, 4) is 0 Å². The lowest BCUT2D eigenvalue weighted by molar-refractivity contribution is -0.143. The molecule has 2 aliphatic heterocycles. The number of halogens is 6. The molecule has 2 fully saturated rings. The molecule has 246 valence electrons. The van der Waals surface area contributed by atoms with Gasteiger partial charge >= 0.3 is 24.5 Å². The zero-order chi connectivity index (χ0) is 33.1. The number of cyclic esters (lactones) is 1. The summed E-state index contributed by atoms with van der Waals surface area (Å²) in [6.45, 7) is 0.997. The van der Waals surface area contributed by atoms with E-state index in [0.717, 1.165) is 5.56 Å². The van der Waals surface area contributed by atoms with E-state index in [1.54, 1.807) is 54.6 Å². The van der Waals surface area contributed by atoms with E-state index >= 15 is 0 Å². The second-order valence-electron chi connectivity index (χ2n) is 11.4. The highest BCUT2D eigenvalue weighted by Crippen LogP contribution is 2.44. The molecule has 4 atom stereocenters. The van der Waals surface area contributed by atoms with Gasteiger partial charge in [-0.15, -0.1) is 0 Å². The molecule has 7 nitrogen and oxygen atoms in total. The Labute approximate surface area is 261 Å². The van der Waals surface area contributed by atoms with Gasteiger partial charge in [0.15, 0.2) is 0 Å². The van der Waals surface area contributed by atoms with Crippen LogP contribution in [0, 0.1) is 0 Å². The minimum atomic E-state index is -5.02. The summed E-state index contributed by atoms with van der Waals surface area (Å²) in [6, 6.07) is 18.0. The maximum absolute atomic E-state index is 14.1. The molecule has 0 aromatic heterocycles. The molecule has 0 bridgehead atoms. The van der Waals surface area contributed by atoms with Crippen molar-refractivity contribution < 1.29 is 50.1 Å². The fourth-order valence-electron chi connectivity index (χ4n) is 6.10. The lowest BCUT2D eigenvalue weighted by Crippen LogP contribution is -2.65. The molecule has 3 aromatic carbocycles. The molecule has 2 heterocycles. The van der Waals surface area contributed by atoms with E-state index in [1.165, 1.54) is 11.8 Å². The Morgan fingerprint density at radius 1 is 0.957 bits per heavy atom. The van der Waals surface area contributed by atoms with Gasteiger partial charge < -0.3 is 19.5 Å². The number of benzene rings is 3. The van der Waals surface area contributed by atoms with E-state index in [1.807, 2.05) is 6.07 Å². The first-order valence-electron chi connectivity index (χ1n) is 14.7. The molecule has 1 unspecified atom stereocenters. The van der Waals surface area contributed by atoms with E-state index in [4.69, 9.17) is 14.2 Å². The molecule has 1 N–H and O–H groups in total. The molecule has 0 radical (unpaired) electrons. The van der Waals surface area contributed by atoms with E-state index in [2.05, 4.69) is 5.32 Å². The minimum absolute atomic E-state index is 0.00203. The van der Waals surface area contributed by atoms with Crippen molar-refractivity contribution in [1.29, 1.82) is 0 Å². The van der Waals surface area contributed by atoms with Crippen molar-refractivity contribution in [3.63, 3.8) is 0 Å². The fraction of sp³-hybridized carbons (Fsp3) is 0.394. The summed E-state index contributed by atoms with van der Waals surface area (Å²) in [4.78, 5) is 27.8. The Balaban J connectivity index is 1.53. The van der Waals surface area contributed by atoms with Gasteiger partial charge in [-0.3, -0.25) is 4.90 Å². The van der Waals surface area contributed by atoms with Crippen LogP contribution in [-0.2, 0) is 38.7 Å². The van der Waals surface area contributed by atoms with Gasteiger partial charge in [0.1, 0.15) is 6.61 Å². The standard InChI is InChI=1S/C33H32F6N2O5/c1-21(23-16-25(32(34,35)36)18-26(17-23)33(37,38)39)46-20-31(24-10-6-3-7-11-24)14-12-27-28(13-15-44-29(42)40-27)41(31)30(43)45-19-22-8-4-2-5-9-22/h2-11,16-18,21,27-28H,12-15,19-20H2,1H3,(H,40,42)/t21-,27+,28?,31-/m1/s1. The van der Waals surface area contributed by atoms with Crippen molar-refractivity contribution >= 4 is 12.2 Å². The molecular formula is C33H32F6N2O5. The second kappa shape index (κ2) is 13.2. The maximum Gasteiger partial charge on any atom is 0.416 e. The molecular weight excluding hydrogens is 618 g/mol. The maximum atomic E-state index is 14.1. The van der Waals surface area contributed by atoms with Crippen molar-refractivity contribution in [2.45, 2.75) is 68.9 Å². The van der Waals surface area contributed by atoms with Crippen LogP contribution in [0.5, 0.6) is 0 Å². The Kier molecular flexibility index (Phi) is 9.52. The molecule has 13 heteroatoms. The highest BCUT2D eigenvalue weighted by Gasteiger charge is 2.53. The third kappa shape index (κ3) is 7.24. The smallest absolute Gasteiger partial charge is 0.416 e. The molecule has 5 rings (SSSR count). The summed E-state index contributed by atoms with van der Waals surface area (Å²) in [5.41, 5.74) is -3.16. The summed E-state index contributed by atoms with van der Waals surface area (Å²) in [7, 11) is 0. The summed E-state index contributed by atoms with van der Waals surface area (Å²) >= 11 is 0. The number of piperidine rings is 1. The average Bonchev–Trinajstić information content (AvgIpc) is 3.22. The quantitative estimate of drug-likeness (QED) is 0.263. The van der Waals surface area contributed by atoms with Crippen LogP contribution in [0.4, 0.5) is 35.9 Å². The van der Waals surface area contributed by atoms with Gasteiger partial charge in [-0.05, 0) is 54.7 Å². The number of nitrogens with zero attached hydrogens (tertiary/aromatic N) is 1. The van der Waals surface area contributed by atoms with Crippen LogP contribution in [0.25, 0.3) is 0 Å². The Morgan fingerprint density at radius 2 is 1.57 bits per heavy atom. The molecule has 0 spiro atoms. The zero-order valence-electron chi connectivity index (χ0n) is 24.7.